The van der Waals surface area contributed by atoms with Crippen molar-refractivity contribution in [2.45, 2.75) is 0 Å². The average Bonchev–Trinajstić information content (AvgIpc) is 3.36. The van der Waals surface area contributed by atoms with Crippen LogP contribution in [0.25, 0.3) is 39.3 Å². The van der Waals surface area contributed by atoms with Crippen molar-refractivity contribution in [3.63, 3.8) is 0 Å². The van der Waals surface area contributed by atoms with Crippen LogP contribution < -0.4 is 0 Å². The molecule has 0 spiro atoms. The number of rotatable bonds is 3. The number of hydrogen-bond acceptors (Lipinski definition) is 5. The van der Waals surface area contributed by atoms with Gasteiger partial charge >= 0.3 is 0 Å². The van der Waals surface area contributed by atoms with Gasteiger partial charge < -0.3 is 4.52 Å². The Balaban J connectivity index is 1.65. The maximum atomic E-state index is 13.2. The van der Waals surface area contributed by atoms with E-state index in [-0.39, 0.29) is 5.82 Å². The molecule has 0 saturated heterocycles. The van der Waals surface area contributed by atoms with Gasteiger partial charge in [0.05, 0.1) is 11.1 Å². The summed E-state index contributed by atoms with van der Waals surface area (Å²) in [5.41, 5.74) is 3.16. The van der Waals surface area contributed by atoms with Crippen LogP contribution in [0.1, 0.15) is 0 Å². The minimum Gasteiger partial charge on any atom is -0.355 e. The Hall–Kier alpha value is -3.87. The molecule has 0 saturated carbocycles. The highest BCUT2D eigenvalue weighted by atomic mass is 19.1. The molecule has 2 aromatic heterocycles. The quantitative estimate of drug-likeness (QED) is 0.482. The van der Waals surface area contributed by atoms with E-state index in [1.165, 1.54) is 12.1 Å². The Labute approximate surface area is 152 Å². The second kappa shape index (κ2) is 6.14. The van der Waals surface area contributed by atoms with E-state index in [0.717, 1.165) is 27.7 Å². The summed E-state index contributed by atoms with van der Waals surface area (Å²) in [7, 11) is 0. The second-order valence-electron chi connectivity index (χ2n) is 6.00. The summed E-state index contributed by atoms with van der Waals surface area (Å²) in [4.78, 5) is 0. The fourth-order valence-electron chi connectivity index (χ4n) is 3.00. The minimum absolute atomic E-state index is 0.309. The number of halogens is 1. The maximum absolute atomic E-state index is 13.2. The van der Waals surface area contributed by atoms with Gasteiger partial charge in [-0.1, -0.05) is 35.5 Å². The predicted octanol–water partition coefficient (Wildman–Crippen LogP) is 4.28. The van der Waals surface area contributed by atoms with Crippen molar-refractivity contribution >= 4 is 10.9 Å². The van der Waals surface area contributed by atoms with Gasteiger partial charge in [0, 0.05) is 11.1 Å². The Morgan fingerprint density at radius 3 is 2.48 bits per heavy atom. The molecular formula is C20H12FN5O. The average molecular weight is 357 g/mol. The van der Waals surface area contributed by atoms with Gasteiger partial charge in [-0.25, -0.2) is 4.39 Å². The summed E-state index contributed by atoms with van der Waals surface area (Å²) in [6.45, 7) is 0. The fraction of sp³-hybridized carbons (Fsp3) is 0. The maximum Gasteiger partial charge on any atom is 0.187 e. The molecule has 6 nitrogen and oxygen atoms in total. The summed E-state index contributed by atoms with van der Waals surface area (Å²) >= 11 is 0. The van der Waals surface area contributed by atoms with Crippen molar-refractivity contribution in [2.75, 3.05) is 0 Å². The smallest absolute Gasteiger partial charge is 0.187 e. The summed E-state index contributed by atoms with van der Waals surface area (Å²) in [6, 6.07) is 21.5. The monoisotopic (exact) mass is 357 g/mol. The zero-order chi connectivity index (χ0) is 18.2. The highest BCUT2D eigenvalue weighted by molar-refractivity contribution is 5.92. The summed E-state index contributed by atoms with van der Waals surface area (Å²) < 4.78 is 20.4. The van der Waals surface area contributed by atoms with Gasteiger partial charge in [-0.05, 0) is 52.9 Å². The number of fused-ring (bicyclic) bond motifs is 1. The molecule has 0 fully saturated rings. The van der Waals surface area contributed by atoms with Crippen LogP contribution in [0.2, 0.25) is 0 Å². The lowest BCUT2D eigenvalue weighted by Gasteiger charge is -2.05. The van der Waals surface area contributed by atoms with Crippen LogP contribution in [-0.4, -0.2) is 25.4 Å². The van der Waals surface area contributed by atoms with Crippen LogP contribution in [0.3, 0.4) is 0 Å². The number of aromatic nitrogens is 5. The van der Waals surface area contributed by atoms with Gasteiger partial charge in [-0.2, -0.15) is 4.68 Å². The molecule has 0 aliphatic rings. The van der Waals surface area contributed by atoms with Crippen molar-refractivity contribution in [2.24, 2.45) is 0 Å². The first-order valence-corrected chi connectivity index (χ1v) is 8.29. The Morgan fingerprint density at radius 1 is 0.852 bits per heavy atom. The Bertz CT molecular complexity index is 1230. The Kier molecular flexibility index (Phi) is 3.50. The number of tetrazole rings is 1. The van der Waals surface area contributed by atoms with Gasteiger partial charge in [-0.3, -0.25) is 0 Å². The third kappa shape index (κ3) is 2.65. The molecule has 0 radical (unpaired) electrons. The predicted molar refractivity (Wildman–Crippen MR) is 97.6 cm³/mol. The normalized spacial score (nSPS) is 11.1. The largest absolute Gasteiger partial charge is 0.355 e. The molecule has 0 atom stereocenters. The standard InChI is InChI=1S/C20H12FN5O/c21-15-8-6-14(7-9-15)20-22-24-25-26(20)16-10-11-18-17(12-16)19(27-23-18)13-4-2-1-3-5-13/h1-12H. The third-order valence-electron chi connectivity index (χ3n) is 4.31. The molecule has 0 amide bonds. The molecule has 5 rings (SSSR count). The van der Waals surface area contributed by atoms with Crippen molar-refractivity contribution in [1.82, 2.24) is 25.4 Å². The van der Waals surface area contributed by atoms with Gasteiger partial charge in [0.2, 0.25) is 0 Å². The van der Waals surface area contributed by atoms with E-state index in [1.807, 2.05) is 48.5 Å². The molecule has 130 valence electrons. The molecule has 7 heteroatoms. The van der Waals surface area contributed by atoms with Crippen molar-refractivity contribution in [3.05, 3.63) is 78.6 Å². The number of benzene rings is 3. The topological polar surface area (TPSA) is 69.6 Å². The first-order chi connectivity index (χ1) is 13.3. The molecule has 5 aromatic rings. The first-order valence-electron chi connectivity index (χ1n) is 8.29. The van der Waals surface area contributed by atoms with Crippen LogP contribution in [0, 0.1) is 5.82 Å². The molecule has 27 heavy (non-hydrogen) atoms. The van der Waals surface area contributed by atoms with E-state index in [9.17, 15) is 4.39 Å². The molecular weight excluding hydrogens is 345 g/mol. The van der Waals surface area contributed by atoms with Crippen LogP contribution in [-0.2, 0) is 0 Å². The van der Waals surface area contributed by atoms with Gasteiger partial charge in [0.1, 0.15) is 11.3 Å². The van der Waals surface area contributed by atoms with E-state index >= 15 is 0 Å². The van der Waals surface area contributed by atoms with Crippen LogP contribution >= 0.6 is 0 Å². The van der Waals surface area contributed by atoms with Gasteiger partial charge in [0.15, 0.2) is 11.6 Å². The van der Waals surface area contributed by atoms with Crippen molar-refractivity contribution < 1.29 is 8.91 Å². The van der Waals surface area contributed by atoms with E-state index in [4.69, 9.17) is 4.52 Å². The molecule has 0 N–H and O–H groups in total. The van der Waals surface area contributed by atoms with E-state index < -0.39 is 0 Å². The highest BCUT2D eigenvalue weighted by Crippen LogP contribution is 2.30. The molecule has 3 aromatic carbocycles. The third-order valence-corrected chi connectivity index (χ3v) is 4.31. The lowest BCUT2D eigenvalue weighted by molar-refractivity contribution is 0.441. The highest BCUT2D eigenvalue weighted by Gasteiger charge is 2.15. The summed E-state index contributed by atoms with van der Waals surface area (Å²) in [5, 5.41) is 16.9. The zero-order valence-corrected chi connectivity index (χ0v) is 14.0. The van der Waals surface area contributed by atoms with Gasteiger partial charge in [0.25, 0.3) is 0 Å². The molecule has 0 unspecified atom stereocenters. The van der Waals surface area contributed by atoms with E-state index in [1.54, 1.807) is 16.8 Å². The van der Waals surface area contributed by atoms with E-state index in [0.29, 0.717) is 11.6 Å². The second-order valence-corrected chi connectivity index (χ2v) is 6.00. The molecule has 2 heterocycles. The lowest BCUT2D eigenvalue weighted by atomic mass is 10.1. The number of hydrogen-bond donors (Lipinski definition) is 0. The molecule has 0 bridgehead atoms. The van der Waals surface area contributed by atoms with Crippen molar-refractivity contribution in [3.8, 4) is 28.4 Å². The van der Waals surface area contributed by atoms with Crippen LogP contribution in [0.4, 0.5) is 4.39 Å². The van der Waals surface area contributed by atoms with Crippen LogP contribution in [0.5, 0.6) is 0 Å². The zero-order valence-electron chi connectivity index (χ0n) is 14.0. The van der Waals surface area contributed by atoms with Gasteiger partial charge in [-0.15, -0.1) is 5.10 Å². The summed E-state index contributed by atoms with van der Waals surface area (Å²) in [6.07, 6.45) is 0. The lowest BCUT2D eigenvalue weighted by Crippen LogP contribution is -1.99. The van der Waals surface area contributed by atoms with E-state index in [2.05, 4.69) is 20.7 Å². The SMILES string of the molecule is Fc1ccc(-c2nnnn2-c2ccc3noc(-c4ccccc4)c3c2)cc1. The Morgan fingerprint density at radius 2 is 1.67 bits per heavy atom. The summed E-state index contributed by atoms with van der Waals surface area (Å²) in [5.74, 6) is 0.895. The van der Waals surface area contributed by atoms with Crippen LogP contribution in [0.15, 0.2) is 77.3 Å². The minimum atomic E-state index is -0.309. The number of nitrogens with zero attached hydrogens (tertiary/aromatic N) is 5. The fourth-order valence-corrected chi connectivity index (χ4v) is 3.00. The molecule has 0 aliphatic heterocycles. The molecule has 0 aliphatic carbocycles. The van der Waals surface area contributed by atoms with Crippen molar-refractivity contribution in [1.29, 1.82) is 0 Å². The first kappa shape index (κ1) is 15.4.